The van der Waals surface area contributed by atoms with Crippen molar-refractivity contribution in [1.29, 1.82) is 0 Å². The van der Waals surface area contributed by atoms with E-state index in [-0.39, 0.29) is 0 Å². The minimum absolute atomic E-state index is 0.559. The van der Waals surface area contributed by atoms with E-state index in [9.17, 15) is 0 Å². The number of rotatable bonds is 11. The number of thiocarbonyl (C=S) groups is 1. The van der Waals surface area contributed by atoms with Crippen molar-refractivity contribution in [3.8, 4) is 0 Å². The van der Waals surface area contributed by atoms with Crippen LogP contribution in [-0.2, 0) is 4.74 Å². The van der Waals surface area contributed by atoms with Gasteiger partial charge in [-0.25, -0.2) is 0 Å². The quantitative estimate of drug-likeness (QED) is 0.448. The van der Waals surface area contributed by atoms with E-state index in [4.69, 9.17) is 17.0 Å². The molecule has 0 rings (SSSR count). The Morgan fingerprint density at radius 3 is 2.47 bits per heavy atom. The topological polar surface area (TPSA) is 21.3 Å². The fourth-order valence-corrected chi connectivity index (χ4v) is 2.32. The predicted molar refractivity (Wildman–Crippen MR) is 79.6 cm³/mol. The third kappa shape index (κ3) is 9.54. The number of hydrogen-bond donors (Lipinski definition) is 1. The average molecular weight is 259 g/mol. The second kappa shape index (κ2) is 12.3. The molecule has 0 saturated carbocycles. The summed E-state index contributed by atoms with van der Waals surface area (Å²) < 4.78 is 5.01. The van der Waals surface area contributed by atoms with Gasteiger partial charge >= 0.3 is 0 Å². The van der Waals surface area contributed by atoms with E-state index >= 15 is 0 Å². The molecule has 2 nitrogen and oxygen atoms in total. The molecule has 1 N–H and O–H groups in total. The van der Waals surface area contributed by atoms with Crippen LogP contribution in [-0.4, -0.2) is 25.2 Å². The molecular weight excluding hydrogens is 230 g/mol. The Kier molecular flexibility index (Phi) is 12.2. The second-order valence-corrected chi connectivity index (χ2v) is 5.03. The van der Waals surface area contributed by atoms with E-state index in [0.717, 1.165) is 24.6 Å². The first kappa shape index (κ1) is 16.9. The zero-order chi connectivity index (χ0) is 12.9. The molecule has 0 saturated heterocycles. The summed E-state index contributed by atoms with van der Waals surface area (Å²) in [5, 5.41) is 3.29. The standard InChI is InChI=1S/C14H29NOS/c1-4-6-7-8-9-10-13(5-2)14(17)15-11-12-16-3/h13H,4-12H2,1-3H3,(H,15,17). The van der Waals surface area contributed by atoms with Crippen molar-refractivity contribution >= 4 is 17.2 Å². The van der Waals surface area contributed by atoms with Gasteiger partial charge in [-0.3, -0.25) is 0 Å². The highest BCUT2D eigenvalue weighted by molar-refractivity contribution is 7.80. The Balaban J connectivity index is 3.62. The van der Waals surface area contributed by atoms with Crippen molar-refractivity contribution in [2.24, 2.45) is 5.92 Å². The Morgan fingerprint density at radius 1 is 1.18 bits per heavy atom. The van der Waals surface area contributed by atoms with Crippen LogP contribution in [0.4, 0.5) is 0 Å². The van der Waals surface area contributed by atoms with Gasteiger partial charge in [0.25, 0.3) is 0 Å². The van der Waals surface area contributed by atoms with Gasteiger partial charge in [0, 0.05) is 19.6 Å². The first-order chi connectivity index (χ1) is 8.26. The summed E-state index contributed by atoms with van der Waals surface area (Å²) in [6.45, 7) is 6.04. The van der Waals surface area contributed by atoms with Gasteiger partial charge in [0.05, 0.1) is 11.6 Å². The summed E-state index contributed by atoms with van der Waals surface area (Å²) in [6, 6.07) is 0. The molecule has 0 aliphatic heterocycles. The predicted octanol–water partition coefficient (Wildman–Crippen LogP) is 3.94. The number of ether oxygens (including phenoxy) is 1. The number of methoxy groups -OCH3 is 1. The third-order valence-electron chi connectivity index (χ3n) is 3.13. The number of unbranched alkanes of at least 4 members (excludes halogenated alkanes) is 4. The molecule has 0 aliphatic rings. The molecule has 1 atom stereocenters. The highest BCUT2D eigenvalue weighted by Gasteiger charge is 2.11. The molecule has 0 heterocycles. The summed E-state index contributed by atoms with van der Waals surface area (Å²) in [7, 11) is 1.72. The van der Waals surface area contributed by atoms with Crippen molar-refractivity contribution in [3.63, 3.8) is 0 Å². The van der Waals surface area contributed by atoms with Crippen LogP contribution in [0, 0.1) is 5.92 Å². The highest BCUT2D eigenvalue weighted by atomic mass is 32.1. The average Bonchev–Trinajstić information content (AvgIpc) is 2.34. The Hall–Kier alpha value is -0.150. The summed E-state index contributed by atoms with van der Waals surface area (Å²) in [4.78, 5) is 1.03. The first-order valence-electron chi connectivity index (χ1n) is 7.02. The minimum atomic E-state index is 0.559. The van der Waals surface area contributed by atoms with E-state index in [1.54, 1.807) is 7.11 Å². The van der Waals surface area contributed by atoms with Gasteiger partial charge in [0.15, 0.2) is 0 Å². The molecule has 0 amide bonds. The van der Waals surface area contributed by atoms with E-state index in [1.807, 2.05) is 0 Å². The Morgan fingerprint density at radius 2 is 1.88 bits per heavy atom. The van der Waals surface area contributed by atoms with Crippen molar-refractivity contribution in [3.05, 3.63) is 0 Å². The fourth-order valence-electron chi connectivity index (χ4n) is 1.94. The van der Waals surface area contributed by atoms with E-state index in [0.29, 0.717) is 5.92 Å². The maximum Gasteiger partial charge on any atom is 0.0785 e. The van der Waals surface area contributed by atoms with Crippen LogP contribution in [0.5, 0.6) is 0 Å². The monoisotopic (exact) mass is 259 g/mol. The molecule has 102 valence electrons. The zero-order valence-corrected chi connectivity index (χ0v) is 12.6. The van der Waals surface area contributed by atoms with Crippen LogP contribution in [0.1, 0.15) is 58.8 Å². The van der Waals surface area contributed by atoms with Crippen molar-refractivity contribution in [2.75, 3.05) is 20.3 Å². The zero-order valence-electron chi connectivity index (χ0n) is 11.8. The molecule has 17 heavy (non-hydrogen) atoms. The molecule has 0 aromatic carbocycles. The molecule has 0 aromatic rings. The summed E-state index contributed by atoms with van der Waals surface area (Å²) in [6.07, 6.45) is 9.10. The molecule has 0 spiro atoms. The highest BCUT2D eigenvalue weighted by Crippen LogP contribution is 2.15. The lowest BCUT2D eigenvalue weighted by Gasteiger charge is -2.17. The Labute approximate surface area is 113 Å². The summed E-state index contributed by atoms with van der Waals surface area (Å²) >= 11 is 5.42. The van der Waals surface area contributed by atoms with Gasteiger partial charge in [0.1, 0.15) is 0 Å². The van der Waals surface area contributed by atoms with Gasteiger partial charge in [-0.2, -0.15) is 0 Å². The van der Waals surface area contributed by atoms with Gasteiger partial charge in [-0.05, 0) is 12.8 Å². The normalized spacial score (nSPS) is 12.4. The number of hydrogen-bond acceptors (Lipinski definition) is 2. The molecule has 0 bridgehead atoms. The minimum Gasteiger partial charge on any atom is -0.383 e. The van der Waals surface area contributed by atoms with Crippen molar-refractivity contribution < 1.29 is 4.74 Å². The largest absolute Gasteiger partial charge is 0.383 e. The van der Waals surface area contributed by atoms with E-state index in [2.05, 4.69) is 19.2 Å². The Bertz CT molecular complexity index is 185. The molecule has 3 heteroatoms. The lowest BCUT2D eigenvalue weighted by Crippen LogP contribution is -2.31. The van der Waals surface area contributed by atoms with Crippen molar-refractivity contribution in [1.82, 2.24) is 5.32 Å². The van der Waals surface area contributed by atoms with E-state index < -0.39 is 0 Å². The smallest absolute Gasteiger partial charge is 0.0785 e. The van der Waals surface area contributed by atoms with Gasteiger partial charge < -0.3 is 10.1 Å². The summed E-state index contributed by atoms with van der Waals surface area (Å²) in [5.74, 6) is 0.559. The van der Waals surface area contributed by atoms with Gasteiger partial charge in [0.2, 0.25) is 0 Å². The lowest BCUT2D eigenvalue weighted by molar-refractivity contribution is 0.203. The fraction of sp³-hybridized carbons (Fsp3) is 0.929. The summed E-state index contributed by atoms with van der Waals surface area (Å²) in [5.41, 5.74) is 0. The third-order valence-corrected chi connectivity index (χ3v) is 3.60. The molecule has 0 fully saturated rings. The van der Waals surface area contributed by atoms with Crippen LogP contribution in [0.3, 0.4) is 0 Å². The van der Waals surface area contributed by atoms with Gasteiger partial charge in [-0.1, -0.05) is 58.2 Å². The maximum absolute atomic E-state index is 5.42. The SMILES string of the molecule is CCCCCCCC(CC)C(=S)NCCOC. The van der Waals surface area contributed by atoms with Crippen molar-refractivity contribution in [2.45, 2.75) is 58.8 Å². The molecule has 1 unspecified atom stereocenters. The lowest BCUT2D eigenvalue weighted by atomic mass is 9.98. The van der Waals surface area contributed by atoms with Crippen LogP contribution < -0.4 is 5.32 Å². The van der Waals surface area contributed by atoms with Crippen LogP contribution in [0.15, 0.2) is 0 Å². The van der Waals surface area contributed by atoms with Crippen LogP contribution >= 0.6 is 12.2 Å². The molecular formula is C14H29NOS. The first-order valence-corrected chi connectivity index (χ1v) is 7.43. The van der Waals surface area contributed by atoms with Crippen LogP contribution in [0.2, 0.25) is 0 Å². The number of nitrogens with one attached hydrogen (secondary N) is 1. The molecule has 0 radical (unpaired) electrons. The molecule has 0 aromatic heterocycles. The maximum atomic E-state index is 5.42. The van der Waals surface area contributed by atoms with Gasteiger partial charge in [-0.15, -0.1) is 0 Å². The molecule has 0 aliphatic carbocycles. The van der Waals surface area contributed by atoms with E-state index in [1.165, 1.54) is 38.5 Å². The second-order valence-electron chi connectivity index (χ2n) is 4.59. The van der Waals surface area contributed by atoms with Crippen LogP contribution in [0.25, 0.3) is 0 Å².